The highest BCUT2D eigenvalue weighted by Gasteiger charge is 2.41. The van der Waals surface area contributed by atoms with Crippen molar-refractivity contribution in [3.8, 4) is 0 Å². The summed E-state index contributed by atoms with van der Waals surface area (Å²) in [5.41, 5.74) is 1.61. The number of hydrogen-bond acceptors (Lipinski definition) is 6. The first-order valence-corrected chi connectivity index (χ1v) is 10.7. The quantitative estimate of drug-likeness (QED) is 0.681. The second-order valence-corrected chi connectivity index (χ2v) is 8.94. The van der Waals surface area contributed by atoms with E-state index >= 15 is 0 Å². The Kier molecular flexibility index (Phi) is 5.66. The molecule has 1 aromatic carbocycles. The number of benzene rings is 1. The Morgan fingerprint density at radius 3 is 2.53 bits per heavy atom. The molecule has 2 aliphatic heterocycles. The van der Waals surface area contributed by atoms with Gasteiger partial charge in [-0.3, -0.25) is 14.4 Å². The lowest BCUT2D eigenvalue weighted by atomic mass is 9.94. The minimum atomic E-state index is -0.686. The monoisotopic (exact) mass is 440 g/mol. The fourth-order valence-electron chi connectivity index (χ4n) is 4.30. The van der Waals surface area contributed by atoms with Gasteiger partial charge in [-0.2, -0.15) is 5.10 Å². The highest BCUT2D eigenvalue weighted by molar-refractivity contribution is 5.96. The fraction of sp³-hybridized carbons (Fsp3) is 0.478. The van der Waals surface area contributed by atoms with Crippen molar-refractivity contribution >= 4 is 23.7 Å². The maximum Gasteiger partial charge on any atom is 0.411 e. The maximum absolute atomic E-state index is 13.3. The molecule has 170 valence electrons. The molecule has 2 aliphatic rings. The van der Waals surface area contributed by atoms with Crippen LogP contribution < -0.4 is 4.90 Å². The lowest BCUT2D eigenvalue weighted by Crippen LogP contribution is -2.46. The zero-order valence-corrected chi connectivity index (χ0v) is 18.8. The van der Waals surface area contributed by atoms with Gasteiger partial charge in [-0.05, 0) is 38.8 Å². The summed E-state index contributed by atoms with van der Waals surface area (Å²) in [6, 6.07) is 6.36. The van der Waals surface area contributed by atoms with E-state index in [0.717, 1.165) is 6.42 Å². The predicted octanol–water partition coefficient (Wildman–Crippen LogP) is 3.14. The first kappa shape index (κ1) is 21.9. The molecular weight excluding hydrogens is 412 g/mol. The van der Waals surface area contributed by atoms with Crippen LogP contribution >= 0.6 is 0 Å². The summed E-state index contributed by atoms with van der Waals surface area (Å²) in [7, 11) is 1.32. The van der Waals surface area contributed by atoms with Crippen molar-refractivity contribution in [1.82, 2.24) is 14.7 Å². The molecule has 0 radical (unpaired) electrons. The molecule has 0 saturated carbocycles. The average molecular weight is 441 g/mol. The molecule has 0 bridgehead atoms. The molecule has 1 aromatic heterocycles. The number of hydrogen-bond donors (Lipinski definition) is 0. The van der Waals surface area contributed by atoms with Crippen LogP contribution in [0.3, 0.4) is 0 Å². The highest BCUT2D eigenvalue weighted by atomic mass is 16.6. The molecule has 3 heterocycles. The molecule has 0 spiro atoms. The maximum atomic E-state index is 13.3. The summed E-state index contributed by atoms with van der Waals surface area (Å²) < 4.78 is 12.5. The Hall–Kier alpha value is -3.36. The molecule has 2 aromatic rings. The van der Waals surface area contributed by atoms with Crippen LogP contribution in [0, 0.1) is 0 Å². The summed E-state index contributed by atoms with van der Waals surface area (Å²) in [5, 5.41) is 4.50. The number of nitrogens with zero attached hydrogens (tertiary/aromatic N) is 4. The number of aromatic nitrogens is 2. The average Bonchev–Trinajstić information content (AvgIpc) is 3.36. The topological polar surface area (TPSA) is 94.0 Å². The number of esters is 1. The Labute approximate surface area is 186 Å². The van der Waals surface area contributed by atoms with E-state index < -0.39 is 23.7 Å². The van der Waals surface area contributed by atoms with Crippen LogP contribution in [-0.2, 0) is 20.8 Å². The van der Waals surface area contributed by atoms with Gasteiger partial charge in [-0.15, -0.1) is 0 Å². The number of ether oxygens (including phenoxy) is 2. The molecule has 1 fully saturated rings. The van der Waals surface area contributed by atoms with Gasteiger partial charge < -0.3 is 14.4 Å². The van der Waals surface area contributed by atoms with Gasteiger partial charge in [0.1, 0.15) is 11.6 Å². The Morgan fingerprint density at radius 1 is 1.12 bits per heavy atom. The van der Waals surface area contributed by atoms with Crippen molar-refractivity contribution < 1.29 is 23.9 Å². The second kappa shape index (κ2) is 8.29. The third-order valence-corrected chi connectivity index (χ3v) is 5.64. The highest BCUT2D eigenvalue weighted by Crippen LogP contribution is 2.41. The summed E-state index contributed by atoms with van der Waals surface area (Å²) in [6.07, 6.45) is 2.42. The number of methoxy groups -OCH3 is 1. The summed E-state index contributed by atoms with van der Waals surface area (Å²) in [5.74, 6) is -0.477. The first-order chi connectivity index (χ1) is 15.2. The van der Waals surface area contributed by atoms with Crippen LogP contribution in [0.15, 0.2) is 30.5 Å². The molecule has 9 nitrogen and oxygen atoms in total. The van der Waals surface area contributed by atoms with Crippen LogP contribution in [0.5, 0.6) is 0 Å². The molecule has 32 heavy (non-hydrogen) atoms. The van der Waals surface area contributed by atoms with Crippen molar-refractivity contribution in [2.75, 3.05) is 25.1 Å². The van der Waals surface area contributed by atoms with Crippen LogP contribution in [0.25, 0.3) is 0 Å². The van der Waals surface area contributed by atoms with Gasteiger partial charge in [0.2, 0.25) is 5.91 Å². The molecular formula is C23H28N4O5. The van der Waals surface area contributed by atoms with Gasteiger partial charge in [0.05, 0.1) is 36.8 Å². The van der Waals surface area contributed by atoms with Crippen LogP contribution in [0.2, 0.25) is 0 Å². The van der Waals surface area contributed by atoms with E-state index in [1.165, 1.54) is 7.11 Å². The zero-order valence-electron chi connectivity index (χ0n) is 18.8. The number of carbonyl (C=O) groups is 3. The zero-order chi connectivity index (χ0) is 23.0. The van der Waals surface area contributed by atoms with Gasteiger partial charge in [0, 0.05) is 19.5 Å². The largest absolute Gasteiger partial charge is 0.465 e. The molecule has 4 rings (SSSR count). The van der Waals surface area contributed by atoms with E-state index in [1.54, 1.807) is 38.9 Å². The molecule has 0 aliphatic carbocycles. The number of carbonyl (C=O) groups excluding carboxylic acids is 3. The number of rotatable bonds is 3. The van der Waals surface area contributed by atoms with Gasteiger partial charge in [0.25, 0.3) is 0 Å². The van der Waals surface area contributed by atoms with E-state index in [-0.39, 0.29) is 5.91 Å². The van der Waals surface area contributed by atoms with Crippen molar-refractivity contribution in [1.29, 1.82) is 0 Å². The fourth-order valence-corrected chi connectivity index (χ4v) is 4.30. The second-order valence-electron chi connectivity index (χ2n) is 8.94. The van der Waals surface area contributed by atoms with Gasteiger partial charge in [-0.25, -0.2) is 9.59 Å². The van der Waals surface area contributed by atoms with Crippen molar-refractivity contribution in [2.24, 2.45) is 0 Å². The normalized spacial score (nSPS) is 18.5. The minimum absolute atomic E-state index is 0.0233. The predicted molar refractivity (Wildman–Crippen MR) is 116 cm³/mol. The Bertz CT molecular complexity index is 1050. The number of anilines is 1. The van der Waals surface area contributed by atoms with Crippen molar-refractivity contribution in [2.45, 2.75) is 51.8 Å². The molecule has 2 amide bonds. The summed E-state index contributed by atoms with van der Waals surface area (Å²) in [6.45, 7) is 6.82. The smallest absolute Gasteiger partial charge is 0.411 e. The standard InChI is InChI=1S/C23H28N4O5/c1-23(2,3)32-22(30)26-12-13-27-20(17(14-24-27)25-11-7-10-18(25)28)19(26)15-8-5-6-9-16(15)21(29)31-4/h5-6,8-9,14,19H,7,10-13H2,1-4H3. The van der Waals surface area contributed by atoms with E-state index in [0.29, 0.717) is 48.6 Å². The minimum Gasteiger partial charge on any atom is -0.465 e. The molecule has 9 heteroatoms. The Morgan fingerprint density at radius 2 is 1.88 bits per heavy atom. The van der Waals surface area contributed by atoms with Crippen LogP contribution in [0.4, 0.5) is 10.5 Å². The van der Waals surface area contributed by atoms with Crippen molar-refractivity contribution in [3.63, 3.8) is 0 Å². The van der Waals surface area contributed by atoms with Crippen LogP contribution in [-0.4, -0.2) is 58.5 Å². The van der Waals surface area contributed by atoms with Gasteiger partial charge >= 0.3 is 12.1 Å². The summed E-state index contributed by atoms with van der Waals surface area (Å²) >= 11 is 0. The van der Waals surface area contributed by atoms with E-state index in [9.17, 15) is 14.4 Å². The lowest BCUT2D eigenvalue weighted by molar-refractivity contribution is -0.117. The summed E-state index contributed by atoms with van der Waals surface area (Å²) in [4.78, 5) is 41.7. The number of fused-ring (bicyclic) bond motifs is 1. The lowest BCUT2D eigenvalue weighted by Gasteiger charge is -2.38. The molecule has 1 saturated heterocycles. The van der Waals surface area contributed by atoms with E-state index in [4.69, 9.17) is 9.47 Å². The van der Waals surface area contributed by atoms with Crippen molar-refractivity contribution in [3.05, 3.63) is 47.3 Å². The number of amides is 2. The SMILES string of the molecule is COC(=O)c1ccccc1C1c2c(N3CCCC3=O)cnn2CCN1C(=O)OC(C)(C)C. The molecule has 1 atom stereocenters. The van der Waals surface area contributed by atoms with E-state index in [1.807, 2.05) is 26.8 Å². The first-order valence-electron chi connectivity index (χ1n) is 10.7. The molecule has 0 N–H and O–H groups in total. The third kappa shape index (κ3) is 3.94. The van der Waals surface area contributed by atoms with Gasteiger partial charge in [-0.1, -0.05) is 18.2 Å². The molecule has 1 unspecified atom stereocenters. The van der Waals surface area contributed by atoms with Gasteiger partial charge in [0.15, 0.2) is 0 Å². The third-order valence-electron chi connectivity index (χ3n) is 5.64. The van der Waals surface area contributed by atoms with E-state index in [2.05, 4.69) is 5.10 Å². The van der Waals surface area contributed by atoms with Crippen LogP contribution in [0.1, 0.15) is 61.3 Å². The Balaban J connectivity index is 1.88.